The van der Waals surface area contributed by atoms with Crippen LogP contribution in [0.3, 0.4) is 0 Å². The van der Waals surface area contributed by atoms with Crippen LogP contribution < -0.4 is 9.62 Å². The molecule has 0 saturated carbocycles. The molecule has 0 bridgehead atoms. The predicted octanol–water partition coefficient (Wildman–Crippen LogP) is 4.61. The van der Waals surface area contributed by atoms with Gasteiger partial charge < -0.3 is 10.2 Å². The van der Waals surface area contributed by atoms with Gasteiger partial charge in [-0.2, -0.15) is 0 Å². The van der Waals surface area contributed by atoms with E-state index in [9.17, 15) is 18.0 Å². The molecule has 0 aromatic heterocycles. The summed E-state index contributed by atoms with van der Waals surface area (Å²) < 4.78 is 27.0. The molecule has 0 heterocycles. The molecule has 1 unspecified atom stereocenters. The number of aryl methyl sites for hydroxylation is 1. The molecule has 0 aliphatic heterocycles. The van der Waals surface area contributed by atoms with Gasteiger partial charge in [0.05, 0.1) is 11.9 Å². The number of carbonyl (C=O) groups excluding carboxylic acids is 2. The number of hydrogen-bond acceptors (Lipinski definition) is 4. The van der Waals surface area contributed by atoms with Crippen LogP contribution in [-0.4, -0.2) is 49.5 Å². The van der Waals surface area contributed by atoms with Crippen LogP contribution in [0.4, 0.5) is 5.69 Å². The minimum absolute atomic E-state index is 0.0601. The molecule has 1 atom stereocenters. The minimum atomic E-state index is -3.78. The molecular formula is C28H41N3O4S. The first-order valence-electron chi connectivity index (χ1n) is 12.4. The molecule has 0 fully saturated rings. The van der Waals surface area contributed by atoms with Crippen molar-refractivity contribution >= 4 is 27.5 Å². The SMILES string of the molecule is CCC(C(=O)NC(C)(C)C)N(Cc1cccc(C)c1)C(=O)CN(c1ccccc1C(C)C)S(C)(=O)=O. The van der Waals surface area contributed by atoms with Crippen molar-refractivity contribution in [1.82, 2.24) is 10.2 Å². The lowest BCUT2D eigenvalue weighted by atomic mass is 10.0. The number of nitrogens with one attached hydrogen (secondary N) is 1. The molecule has 0 spiro atoms. The fraction of sp³-hybridized carbons (Fsp3) is 0.500. The van der Waals surface area contributed by atoms with Gasteiger partial charge in [0.25, 0.3) is 0 Å². The fourth-order valence-corrected chi connectivity index (χ4v) is 5.05. The van der Waals surface area contributed by atoms with Crippen molar-refractivity contribution in [2.75, 3.05) is 17.1 Å². The number of hydrogen-bond donors (Lipinski definition) is 1. The summed E-state index contributed by atoms with van der Waals surface area (Å²) in [6.07, 6.45) is 1.49. The molecular weight excluding hydrogens is 474 g/mol. The second-order valence-corrected chi connectivity index (χ2v) is 12.6. The van der Waals surface area contributed by atoms with E-state index in [4.69, 9.17) is 0 Å². The first kappa shape index (κ1) is 29.4. The molecule has 0 saturated heterocycles. The Labute approximate surface area is 216 Å². The monoisotopic (exact) mass is 515 g/mol. The number of nitrogens with zero attached hydrogens (tertiary/aromatic N) is 2. The number of rotatable bonds is 10. The molecule has 2 aromatic carbocycles. The average Bonchev–Trinajstić information content (AvgIpc) is 2.75. The maximum atomic E-state index is 13.9. The predicted molar refractivity (Wildman–Crippen MR) is 146 cm³/mol. The van der Waals surface area contributed by atoms with E-state index in [0.29, 0.717) is 12.1 Å². The maximum absolute atomic E-state index is 13.9. The van der Waals surface area contributed by atoms with E-state index < -0.39 is 34.1 Å². The van der Waals surface area contributed by atoms with E-state index in [2.05, 4.69) is 5.32 Å². The van der Waals surface area contributed by atoms with E-state index in [0.717, 1.165) is 27.3 Å². The van der Waals surface area contributed by atoms with Crippen molar-refractivity contribution in [3.63, 3.8) is 0 Å². The summed E-state index contributed by atoms with van der Waals surface area (Å²) in [6, 6.07) is 14.2. The number of para-hydroxylation sites is 1. The highest BCUT2D eigenvalue weighted by atomic mass is 32.2. The maximum Gasteiger partial charge on any atom is 0.244 e. The van der Waals surface area contributed by atoms with Crippen LogP contribution in [-0.2, 0) is 26.2 Å². The first-order chi connectivity index (χ1) is 16.6. The van der Waals surface area contributed by atoms with Crippen molar-refractivity contribution in [2.24, 2.45) is 0 Å². The van der Waals surface area contributed by atoms with Gasteiger partial charge in [-0.05, 0) is 57.2 Å². The summed E-state index contributed by atoms with van der Waals surface area (Å²) in [4.78, 5) is 28.6. The zero-order valence-corrected chi connectivity index (χ0v) is 23.6. The number of anilines is 1. The third-order valence-electron chi connectivity index (χ3n) is 5.83. The van der Waals surface area contributed by atoms with Crippen LogP contribution >= 0.6 is 0 Å². The Kier molecular flexibility index (Phi) is 9.71. The smallest absolute Gasteiger partial charge is 0.244 e. The Morgan fingerprint density at radius 1 is 1.03 bits per heavy atom. The van der Waals surface area contributed by atoms with Gasteiger partial charge in [-0.1, -0.05) is 68.8 Å². The zero-order chi connectivity index (χ0) is 27.3. The summed E-state index contributed by atoms with van der Waals surface area (Å²) in [5, 5.41) is 2.98. The van der Waals surface area contributed by atoms with Crippen LogP contribution in [0.5, 0.6) is 0 Å². The molecule has 198 valence electrons. The first-order valence-corrected chi connectivity index (χ1v) is 14.2. The summed E-state index contributed by atoms with van der Waals surface area (Å²) >= 11 is 0. The van der Waals surface area contributed by atoms with Crippen LogP contribution in [0.1, 0.15) is 70.6 Å². The average molecular weight is 516 g/mol. The third kappa shape index (κ3) is 8.08. The van der Waals surface area contributed by atoms with Gasteiger partial charge in [-0.3, -0.25) is 13.9 Å². The zero-order valence-electron chi connectivity index (χ0n) is 22.8. The molecule has 8 heteroatoms. The van der Waals surface area contributed by atoms with E-state index in [1.807, 2.05) is 84.9 Å². The number of sulfonamides is 1. The summed E-state index contributed by atoms with van der Waals surface area (Å²) in [5.41, 5.74) is 2.75. The van der Waals surface area contributed by atoms with E-state index in [1.165, 1.54) is 4.90 Å². The third-order valence-corrected chi connectivity index (χ3v) is 6.95. The summed E-state index contributed by atoms with van der Waals surface area (Å²) in [5.74, 6) is -0.638. The van der Waals surface area contributed by atoms with Crippen LogP contribution in [0.2, 0.25) is 0 Å². The Morgan fingerprint density at radius 3 is 2.19 bits per heavy atom. The minimum Gasteiger partial charge on any atom is -0.350 e. The van der Waals surface area contributed by atoms with Crippen molar-refractivity contribution in [2.45, 2.75) is 78.9 Å². The van der Waals surface area contributed by atoms with Gasteiger partial charge in [-0.15, -0.1) is 0 Å². The van der Waals surface area contributed by atoms with Crippen molar-refractivity contribution < 1.29 is 18.0 Å². The van der Waals surface area contributed by atoms with E-state index >= 15 is 0 Å². The van der Waals surface area contributed by atoms with E-state index in [1.54, 1.807) is 12.1 Å². The van der Waals surface area contributed by atoms with Crippen molar-refractivity contribution in [1.29, 1.82) is 0 Å². The lowest BCUT2D eigenvalue weighted by Gasteiger charge is -2.35. The molecule has 36 heavy (non-hydrogen) atoms. The van der Waals surface area contributed by atoms with Crippen molar-refractivity contribution in [3.05, 3.63) is 65.2 Å². The molecule has 2 aromatic rings. The Balaban J connectivity index is 2.53. The van der Waals surface area contributed by atoms with Crippen molar-refractivity contribution in [3.8, 4) is 0 Å². The van der Waals surface area contributed by atoms with Gasteiger partial charge >= 0.3 is 0 Å². The lowest BCUT2D eigenvalue weighted by Crippen LogP contribution is -2.55. The van der Waals surface area contributed by atoms with Crippen LogP contribution in [0, 0.1) is 6.92 Å². The fourth-order valence-electron chi connectivity index (χ4n) is 4.18. The number of carbonyl (C=O) groups is 2. The number of benzene rings is 2. The highest BCUT2D eigenvalue weighted by molar-refractivity contribution is 7.92. The van der Waals surface area contributed by atoms with Gasteiger partial charge in [0.15, 0.2) is 0 Å². The molecule has 1 N–H and O–H groups in total. The van der Waals surface area contributed by atoms with Gasteiger partial charge in [0.2, 0.25) is 21.8 Å². The Hall–Kier alpha value is -2.87. The van der Waals surface area contributed by atoms with Gasteiger partial charge in [-0.25, -0.2) is 8.42 Å². The van der Waals surface area contributed by atoms with E-state index in [-0.39, 0.29) is 18.4 Å². The molecule has 2 rings (SSSR count). The quantitative estimate of drug-likeness (QED) is 0.501. The molecule has 0 aliphatic rings. The molecule has 2 amide bonds. The largest absolute Gasteiger partial charge is 0.350 e. The second kappa shape index (κ2) is 11.9. The standard InChI is InChI=1S/C28H41N3O4S/c1-9-24(27(33)29-28(5,6)7)30(18-22-14-12-13-21(4)17-22)26(32)19-31(36(8,34)35)25-16-11-10-15-23(25)20(2)3/h10-17,20,24H,9,18-19H2,1-8H3,(H,29,33). The topological polar surface area (TPSA) is 86.8 Å². The highest BCUT2D eigenvalue weighted by Gasteiger charge is 2.33. The normalized spacial score (nSPS) is 12.8. The molecule has 7 nitrogen and oxygen atoms in total. The Morgan fingerprint density at radius 2 is 1.67 bits per heavy atom. The Bertz CT molecular complexity index is 1170. The lowest BCUT2D eigenvalue weighted by molar-refractivity contribution is -0.141. The van der Waals surface area contributed by atoms with Gasteiger partial charge in [0.1, 0.15) is 12.6 Å². The summed E-state index contributed by atoms with van der Waals surface area (Å²) in [6.45, 7) is 13.2. The highest BCUT2D eigenvalue weighted by Crippen LogP contribution is 2.29. The van der Waals surface area contributed by atoms with Crippen LogP contribution in [0.15, 0.2) is 48.5 Å². The molecule has 0 aliphatic carbocycles. The molecule has 0 radical (unpaired) electrons. The summed E-state index contributed by atoms with van der Waals surface area (Å²) in [7, 11) is -3.78. The van der Waals surface area contributed by atoms with Gasteiger partial charge in [0, 0.05) is 12.1 Å². The number of amides is 2. The van der Waals surface area contributed by atoms with Crippen LogP contribution in [0.25, 0.3) is 0 Å². The second-order valence-electron chi connectivity index (χ2n) is 10.7.